The molecule has 1 fully saturated rings. The molecule has 1 aliphatic rings. The summed E-state index contributed by atoms with van der Waals surface area (Å²) in [7, 11) is -1.09. The Morgan fingerprint density at radius 1 is 1.20 bits per heavy atom. The second kappa shape index (κ2) is 5.68. The van der Waals surface area contributed by atoms with Gasteiger partial charge in [-0.15, -0.1) is 0 Å². The highest BCUT2D eigenvalue weighted by Crippen LogP contribution is 2.21. The predicted molar refractivity (Wildman–Crippen MR) is 65.7 cm³/mol. The summed E-state index contributed by atoms with van der Waals surface area (Å²) < 4.78 is 5.47. The van der Waals surface area contributed by atoms with Crippen LogP contribution in [-0.2, 0) is 9.53 Å². The van der Waals surface area contributed by atoms with Crippen molar-refractivity contribution in [3.8, 4) is 0 Å². The molecule has 0 aromatic heterocycles. The highest BCUT2D eigenvalue weighted by Gasteiger charge is 2.20. The fourth-order valence-electron chi connectivity index (χ4n) is 1.90. The summed E-state index contributed by atoms with van der Waals surface area (Å²) >= 11 is 0. The molecular weight excluding hydrogens is 204 g/mol. The van der Waals surface area contributed by atoms with E-state index in [0.717, 1.165) is 18.9 Å². The van der Waals surface area contributed by atoms with Crippen molar-refractivity contribution in [2.75, 3.05) is 0 Å². The van der Waals surface area contributed by atoms with Gasteiger partial charge in [0.25, 0.3) is 0 Å². The molecule has 88 valence electrons. The molecule has 1 rings (SSSR count). The molecule has 0 saturated heterocycles. The Kier molecular flexibility index (Phi) is 4.83. The number of ether oxygens (including phenoxy) is 1. The van der Waals surface area contributed by atoms with Crippen LogP contribution in [0, 0.1) is 0 Å². The van der Waals surface area contributed by atoms with Gasteiger partial charge in [-0.2, -0.15) is 0 Å². The minimum absolute atomic E-state index is 0.0318. The van der Waals surface area contributed by atoms with Crippen molar-refractivity contribution < 1.29 is 9.53 Å². The molecule has 1 saturated carbocycles. The van der Waals surface area contributed by atoms with E-state index in [1.807, 2.05) is 0 Å². The third-order valence-corrected chi connectivity index (χ3v) is 4.68. The first-order valence-electron chi connectivity index (χ1n) is 6.17. The molecule has 15 heavy (non-hydrogen) atoms. The van der Waals surface area contributed by atoms with Gasteiger partial charge in [0.15, 0.2) is 0 Å². The maximum absolute atomic E-state index is 11.6. The van der Waals surface area contributed by atoms with Gasteiger partial charge in [0.05, 0.1) is 0 Å². The Hall–Kier alpha value is -0.313. The highest BCUT2D eigenvalue weighted by molar-refractivity contribution is 6.76. The van der Waals surface area contributed by atoms with E-state index in [2.05, 4.69) is 19.6 Å². The van der Waals surface area contributed by atoms with Gasteiger partial charge in [-0.3, -0.25) is 4.79 Å². The van der Waals surface area contributed by atoms with Crippen LogP contribution in [0.4, 0.5) is 0 Å². The minimum atomic E-state index is -1.09. The van der Waals surface area contributed by atoms with Crippen molar-refractivity contribution in [3.05, 3.63) is 0 Å². The van der Waals surface area contributed by atoms with E-state index in [1.165, 1.54) is 19.3 Å². The normalized spacial score (nSPS) is 18.9. The van der Waals surface area contributed by atoms with Crippen LogP contribution >= 0.6 is 0 Å². The third-order valence-electron chi connectivity index (χ3n) is 2.93. The number of carbonyl (C=O) groups is 1. The molecular formula is C12H24O2Si. The number of esters is 1. The molecule has 0 heterocycles. The maximum Gasteiger partial charge on any atom is 0.305 e. The number of hydrogen-bond acceptors (Lipinski definition) is 2. The van der Waals surface area contributed by atoms with Gasteiger partial charge in [0, 0.05) is 14.5 Å². The molecule has 3 heteroatoms. The first-order valence-corrected chi connectivity index (χ1v) is 9.87. The summed E-state index contributed by atoms with van der Waals surface area (Å²) in [5.74, 6) is 0.0318. The Balaban J connectivity index is 2.17. The second-order valence-corrected chi connectivity index (χ2v) is 11.4. The van der Waals surface area contributed by atoms with Crippen LogP contribution in [0.5, 0.6) is 0 Å². The first-order chi connectivity index (χ1) is 6.97. The summed E-state index contributed by atoms with van der Waals surface area (Å²) in [6.45, 7) is 6.88. The Bertz CT molecular complexity index is 202. The van der Waals surface area contributed by atoms with Crippen molar-refractivity contribution in [1.29, 1.82) is 0 Å². The van der Waals surface area contributed by atoms with Crippen molar-refractivity contribution in [2.45, 2.75) is 70.3 Å². The van der Waals surface area contributed by atoms with Gasteiger partial charge in [0.1, 0.15) is 6.10 Å². The molecule has 0 aromatic carbocycles. The monoisotopic (exact) mass is 228 g/mol. The average Bonchev–Trinajstić information content (AvgIpc) is 2.15. The largest absolute Gasteiger partial charge is 0.462 e. The van der Waals surface area contributed by atoms with Crippen molar-refractivity contribution in [1.82, 2.24) is 0 Å². The SMILES string of the molecule is C[Si](C)(C)CCC(=O)OC1CCCCC1. The zero-order valence-corrected chi connectivity index (χ0v) is 11.3. The molecule has 0 bridgehead atoms. The van der Waals surface area contributed by atoms with E-state index in [0.29, 0.717) is 6.42 Å². The maximum atomic E-state index is 11.6. The molecule has 0 aromatic rings. The first kappa shape index (κ1) is 12.8. The second-order valence-electron chi connectivity index (χ2n) is 5.81. The van der Waals surface area contributed by atoms with Gasteiger partial charge in [-0.25, -0.2) is 0 Å². The molecule has 0 spiro atoms. The average molecular weight is 228 g/mol. The molecule has 0 unspecified atom stereocenters. The zero-order chi connectivity index (χ0) is 11.3. The van der Waals surface area contributed by atoms with Crippen LogP contribution < -0.4 is 0 Å². The van der Waals surface area contributed by atoms with Gasteiger partial charge in [0.2, 0.25) is 0 Å². The highest BCUT2D eigenvalue weighted by atomic mass is 28.3. The lowest BCUT2D eigenvalue weighted by atomic mass is 9.98. The van der Waals surface area contributed by atoms with E-state index in [4.69, 9.17) is 4.74 Å². The molecule has 0 atom stereocenters. The lowest BCUT2D eigenvalue weighted by Gasteiger charge is -2.22. The van der Waals surface area contributed by atoms with E-state index >= 15 is 0 Å². The van der Waals surface area contributed by atoms with Crippen LogP contribution in [0.15, 0.2) is 0 Å². The van der Waals surface area contributed by atoms with E-state index in [-0.39, 0.29) is 12.1 Å². The van der Waals surface area contributed by atoms with Crippen molar-refractivity contribution >= 4 is 14.0 Å². The molecule has 1 aliphatic carbocycles. The number of rotatable bonds is 4. The molecule has 0 aliphatic heterocycles. The number of hydrogen-bond donors (Lipinski definition) is 0. The van der Waals surface area contributed by atoms with Crippen LogP contribution in [-0.4, -0.2) is 20.1 Å². The van der Waals surface area contributed by atoms with Gasteiger partial charge in [-0.05, 0) is 31.7 Å². The van der Waals surface area contributed by atoms with Gasteiger partial charge >= 0.3 is 5.97 Å². The van der Waals surface area contributed by atoms with Gasteiger partial charge < -0.3 is 4.74 Å². The fraction of sp³-hybridized carbons (Fsp3) is 0.917. The summed E-state index contributed by atoms with van der Waals surface area (Å²) in [5, 5.41) is 0. The minimum Gasteiger partial charge on any atom is -0.462 e. The molecule has 0 N–H and O–H groups in total. The van der Waals surface area contributed by atoms with E-state index in [1.54, 1.807) is 0 Å². The Morgan fingerprint density at radius 2 is 1.80 bits per heavy atom. The summed E-state index contributed by atoms with van der Waals surface area (Å²) in [6, 6.07) is 1.05. The topological polar surface area (TPSA) is 26.3 Å². The predicted octanol–water partition coefficient (Wildman–Crippen LogP) is 3.59. The fourth-order valence-corrected chi connectivity index (χ4v) is 2.86. The van der Waals surface area contributed by atoms with Crippen LogP contribution in [0.3, 0.4) is 0 Å². The Labute approximate surface area is 94.4 Å². The van der Waals surface area contributed by atoms with Crippen LogP contribution in [0.25, 0.3) is 0 Å². The molecule has 0 radical (unpaired) electrons. The van der Waals surface area contributed by atoms with Gasteiger partial charge in [-0.1, -0.05) is 26.1 Å². The lowest BCUT2D eigenvalue weighted by Crippen LogP contribution is -2.24. The summed E-state index contributed by atoms with van der Waals surface area (Å²) in [5.41, 5.74) is 0. The van der Waals surface area contributed by atoms with E-state index in [9.17, 15) is 4.79 Å². The summed E-state index contributed by atoms with van der Waals surface area (Å²) in [4.78, 5) is 11.6. The standard InChI is InChI=1S/C12H24O2Si/c1-15(2,3)10-9-12(13)14-11-7-5-4-6-8-11/h11H,4-10H2,1-3H3. The smallest absolute Gasteiger partial charge is 0.305 e. The quantitative estimate of drug-likeness (QED) is 0.543. The van der Waals surface area contributed by atoms with Crippen LogP contribution in [0.1, 0.15) is 38.5 Å². The summed E-state index contributed by atoms with van der Waals surface area (Å²) in [6.07, 6.45) is 6.79. The van der Waals surface area contributed by atoms with E-state index < -0.39 is 8.07 Å². The van der Waals surface area contributed by atoms with Crippen molar-refractivity contribution in [2.24, 2.45) is 0 Å². The molecule has 2 nitrogen and oxygen atoms in total. The Morgan fingerprint density at radius 3 is 2.33 bits per heavy atom. The molecule has 0 amide bonds. The van der Waals surface area contributed by atoms with Crippen molar-refractivity contribution in [3.63, 3.8) is 0 Å². The number of carbonyl (C=O) groups excluding carboxylic acids is 1. The zero-order valence-electron chi connectivity index (χ0n) is 10.3. The third kappa shape index (κ3) is 5.98. The lowest BCUT2D eigenvalue weighted by molar-refractivity contribution is -0.150. The van der Waals surface area contributed by atoms with Crippen LogP contribution in [0.2, 0.25) is 25.7 Å².